The van der Waals surface area contributed by atoms with E-state index < -0.39 is 0 Å². The summed E-state index contributed by atoms with van der Waals surface area (Å²) >= 11 is 1.28. The summed E-state index contributed by atoms with van der Waals surface area (Å²) in [5, 5.41) is 0. The fourth-order valence-corrected chi connectivity index (χ4v) is 36.2. The van der Waals surface area contributed by atoms with Crippen LogP contribution in [0, 0.1) is 0 Å². The predicted molar refractivity (Wildman–Crippen MR) is 632 cm³/mol. The Bertz CT molecular complexity index is 6330. The molecular weight excluding hydrogens is 1800 g/mol. The van der Waals surface area contributed by atoms with Crippen LogP contribution in [-0.4, -0.2) is 18.7 Å². The molecule has 0 saturated heterocycles. The Morgan fingerprint density at radius 3 is 0.463 bits per heavy atom. The Balaban J connectivity index is 0.706. The molecule has 11 aromatic carbocycles. The van der Waals surface area contributed by atoms with Crippen molar-refractivity contribution >= 4 is 67.9 Å². The van der Waals surface area contributed by atoms with Crippen LogP contribution in [0.15, 0.2) is 182 Å². The summed E-state index contributed by atoms with van der Waals surface area (Å²) in [6, 6.07) is 69.6. The summed E-state index contributed by atoms with van der Waals surface area (Å²) in [6.07, 6.45) is 31.4. The second-order valence-electron chi connectivity index (χ2n) is 53.7. The highest BCUT2D eigenvalue weighted by Gasteiger charge is 2.60. The summed E-state index contributed by atoms with van der Waals surface area (Å²) in [7, 11) is 0. The average molecular weight is 1970 g/mol. The molecule has 8 aliphatic rings. The first-order chi connectivity index (χ1) is 69.8. The molecule has 0 bridgehead atoms. The minimum absolute atomic E-state index is 0.00609. The molecule has 13 aromatic rings. The van der Waals surface area contributed by atoms with Gasteiger partial charge in [0.2, 0.25) is 0 Å². The third-order valence-electron chi connectivity index (χ3n) is 43.0. The normalized spacial score (nSPS) is 20.5. The highest BCUT2D eigenvalue weighted by Crippen LogP contribution is 2.71. The van der Waals surface area contributed by atoms with E-state index in [4.69, 9.17) is 18.7 Å². The SMILES string of the molecule is CCC1(CC)CC(C)(C)c2c1cc1c(c2-c2ccc(N(c3ccc(-c4c5c(cc6c4C(C)(C)CC6(CC)CC)C(CC)(CC)CC5(C)C)cc3)c3ccc(-c4c5nccnc5c(-c5ccc(N(c6ccc(-c7c8c(cc9c7C(C)(C)CC9(CC)CC)C(CC)(CC)CC8(C)C)cc6)c6ccc(-c7c8c(cc9c7C(C)(C)CC9(CC)CC)C(CC)(CC)CC8(C)C)cc6)cc5)c5nsnc45)cc3)cc2)C(C)(C)CC1(CC)CC. The van der Waals surface area contributed by atoms with E-state index >= 15 is 0 Å². The largest absolute Gasteiger partial charge is 0.311 e. The number of fused-ring (bicyclic) bond motifs is 10. The van der Waals surface area contributed by atoms with Gasteiger partial charge in [0, 0.05) is 57.6 Å². The summed E-state index contributed by atoms with van der Waals surface area (Å²) in [6.45, 7) is 80.5. The van der Waals surface area contributed by atoms with Gasteiger partial charge in [0.25, 0.3) is 0 Å². The van der Waals surface area contributed by atoms with Gasteiger partial charge in [-0.05, 0) is 458 Å². The molecule has 7 heteroatoms. The summed E-state index contributed by atoms with van der Waals surface area (Å²) in [4.78, 5) is 15.9. The van der Waals surface area contributed by atoms with Gasteiger partial charge in [-0.1, -0.05) is 319 Å². The zero-order valence-electron chi connectivity index (χ0n) is 96.4. The molecule has 770 valence electrons. The van der Waals surface area contributed by atoms with Crippen molar-refractivity contribution in [1.29, 1.82) is 0 Å². The lowest BCUT2D eigenvalue weighted by Gasteiger charge is -2.33. The Morgan fingerprint density at radius 1 is 0.190 bits per heavy atom. The average Bonchev–Trinajstić information content (AvgIpc) is 1.53. The number of benzene rings is 11. The Hall–Kier alpha value is -9.82. The smallest absolute Gasteiger partial charge is 0.115 e. The van der Waals surface area contributed by atoms with E-state index in [0.29, 0.717) is 0 Å². The van der Waals surface area contributed by atoms with E-state index in [1.165, 1.54) is 108 Å². The van der Waals surface area contributed by atoms with Crippen molar-refractivity contribution in [3.05, 3.63) is 271 Å². The number of rotatable bonds is 28. The number of anilines is 6. The minimum atomic E-state index is -0.00609. The van der Waals surface area contributed by atoms with Gasteiger partial charge in [-0.25, -0.2) is 0 Å². The maximum atomic E-state index is 5.39. The van der Waals surface area contributed by atoms with Gasteiger partial charge in [0.15, 0.2) is 0 Å². The molecular formula is C140H174N6S. The highest BCUT2D eigenvalue weighted by atomic mass is 32.1. The first kappa shape index (κ1) is 103. The van der Waals surface area contributed by atoms with Gasteiger partial charge < -0.3 is 9.80 Å². The molecule has 0 N–H and O–H groups in total. The fraction of sp³-hybridized carbons (Fsp3) is 0.514. The predicted octanol–water partition coefficient (Wildman–Crippen LogP) is 40.5. The van der Waals surface area contributed by atoms with Crippen molar-refractivity contribution in [1.82, 2.24) is 18.7 Å². The zero-order valence-corrected chi connectivity index (χ0v) is 97.2. The molecule has 2 aromatic heterocycles. The maximum Gasteiger partial charge on any atom is 0.115 e. The number of hydrogen-bond donors (Lipinski definition) is 0. The van der Waals surface area contributed by atoms with Gasteiger partial charge in [-0.2, -0.15) is 8.75 Å². The third kappa shape index (κ3) is 14.8. The van der Waals surface area contributed by atoms with Crippen LogP contribution < -0.4 is 9.80 Å². The van der Waals surface area contributed by atoms with Crippen molar-refractivity contribution in [2.75, 3.05) is 9.80 Å². The second-order valence-corrected chi connectivity index (χ2v) is 54.2. The van der Waals surface area contributed by atoms with Crippen molar-refractivity contribution in [3.63, 3.8) is 0 Å². The van der Waals surface area contributed by atoms with Crippen LogP contribution >= 0.6 is 11.7 Å². The van der Waals surface area contributed by atoms with Crippen LogP contribution in [-0.2, 0) is 86.6 Å². The van der Waals surface area contributed by atoms with Gasteiger partial charge in [0.05, 0.1) is 22.8 Å². The van der Waals surface area contributed by atoms with E-state index in [1.54, 1.807) is 89.0 Å². The van der Waals surface area contributed by atoms with Crippen LogP contribution in [0.1, 0.15) is 465 Å². The molecule has 0 fully saturated rings. The minimum Gasteiger partial charge on any atom is -0.311 e. The molecule has 8 aliphatic carbocycles. The second kappa shape index (κ2) is 35.4. The monoisotopic (exact) mass is 1970 g/mol. The molecule has 0 unspecified atom stereocenters. The number of nitrogens with zero attached hydrogens (tertiary/aromatic N) is 6. The Labute approximate surface area is 890 Å². The molecule has 147 heavy (non-hydrogen) atoms. The summed E-state index contributed by atoms with van der Waals surface area (Å²) < 4.78 is 10.7. The first-order valence-corrected chi connectivity index (χ1v) is 59.0. The lowest BCUT2D eigenvalue weighted by Crippen LogP contribution is -2.26. The number of hydrogen-bond acceptors (Lipinski definition) is 7. The van der Waals surface area contributed by atoms with Crippen LogP contribution in [0.2, 0.25) is 0 Å². The van der Waals surface area contributed by atoms with E-state index in [2.05, 4.69) is 401 Å². The molecule has 0 spiro atoms. The van der Waals surface area contributed by atoms with Crippen LogP contribution in [0.3, 0.4) is 0 Å². The van der Waals surface area contributed by atoms with Crippen LogP contribution in [0.25, 0.3) is 88.8 Å². The van der Waals surface area contributed by atoms with Crippen LogP contribution in [0.4, 0.5) is 34.1 Å². The summed E-state index contributed by atoms with van der Waals surface area (Å²) in [5.74, 6) is 0. The van der Waals surface area contributed by atoms with Crippen molar-refractivity contribution in [3.8, 4) is 66.8 Å². The first-order valence-electron chi connectivity index (χ1n) is 58.3. The molecule has 2 heterocycles. The van der Waals surface area contributed by atoms with Gasteiger partial charge >= 0.3 is 0 Å². The molecule has 0 aliphatic heterocycles. The molecule has 0 amide bonds. The highest BCUT2D eigenvalue weighted by molar-refractivity contribution is 7.00. The molecule has 0 atom stereocenters. The Morgan fingerprint density at radius 2 is 0.327 bits per heavy atom. The zero-order chi connectivity index (χ0) is 105. The van der Waals surface area contributed by atoms with Crippen molar-refractivity contribution < 1.29 is 0 Å². The van der Waals surface area contributed by atoms with Crippen molar-refractivity contribution in [2.24, 2.45) is 0 Å². The topological polar surface area (TPSA) is 58.0 Å². The van der Waals surface area contributed by atoms with Crippen LogP contribution in [0.5, 0.6) is 0 Å². The standard InChI is InChI=1S/C140H174N6S/c1-33-133(34-2)79-125(17,18)113-99(133)75-100-114(126(19,20)80-134(100,35-3)36-4)107(113)87-49-61-93(62-50-87)145(94-63-51-88(52-64-94)108-115-101(135(37-5,38-6)81-127(115,21)22)76-102-116(108)128(23,24)82-136(102,39-7)40-8)97-69-57-91(58-70-97)111-121-122(142-74-73-141-121)112(124-123(111)143-147-144-124)92-59-71-98(72-60-92)146(95-65-53-89(54-66-95)109-117-103(137(41-9,42-10)83-129(117,25)26)77-104-118(109)130(27,28)84-138(104,43-11)44-12)96-67-55-90(56-68-96)110-119-105(139(45-13,46-14)85-131(119,29)30)78-106-120(110)132(31,32)86-140(106,47-15)48-16/h49-78H,33-48,79-86H2,1-32H3. The Kier molecular flexibility index (Phi) is 24.8. The van der Waals surface area contributed by atoms with E-state index in [0.717, 1.165) is 181 Å². The van der Waals surface area contributed by atoms with Crippen molar-refractivity contribution in [2.45, 2.75) is 462 Å². The summed E-state index contributed by atoms with van der Waals surface area (Å²) in [5.41, 5.74) is 51.9. The van der Waals surface area contributed by atoms with Gasteiger partial charge in [-0.15, -0.1) is 0 Å². The quantitative estimate of drug-likeness (QED) is 0.0487. The molecule has 21 rings (SSSR count). The third-order valence-corrected chi connectivity index (χ3v) is 43.5. The maximum absolute atomic E-state index is 5.39. The fourth-order valence-electron chi connectivity index (χ4n) is 35.7. The van der Waals surface area contributed by atoms with E-state index in [-0.39, 0.29) is 86.6 Å². The van der Waals surface area contributed by atoms with E-state index in [9.17, 15) is 0 Å². The molecule has 0 radical (unpaired) electrons. The lowest BCUT2D eigenvalue weighted by atomic mass is 9.72. The van der Waals surface area contributed by atoms with E-state index in [1.807, 2.05) is 12.4 Å². The van der Waals surface area contributed by atoms with Gasteiger partial charge in [-0.3, -0.25) is 9.97 Å². The molecule has 0 saturated carbocycles. The molecule has 6 nitrogen and oxygen atoms in total. The van der Waals surface area contributed by atoms with Gasteiger partial charge in [0.1, 0.15) is 11.0 Å². The lowest BCUT2D eigenvalue weighted by molar-refractivity contribution is 0.322. The number of aromatic nitrogens is 4.